The zero-order valence-corrected chi connectivity index (χ0v) is 13.7. The van der Waals surface area contributed by atoms with Crippen LogP contribution in [0, 0.1) is 11.6 Å². The first-order valence-electron chi connectivity index (χ1n) is 8.21. The lowest BCUT2D eigenvalue weighted by Crippen LogP contribution is -2.38. The molecule has 1 amide bonds. The number of nitrogens with zero attached hydrogens (tertiary/aromatic N) is 1. The number of benzene rings is 1. The quantitative estimate of drug-likeness (QED) is 0.833. The van der Waals surface area contributed by atoms with Crippen molar-refractivity contribution in [1.82, 2.24) is 4.90 Å². The topological polar surface area (TPSA) is 54.7 Å². The predicted octanol–water partition coefficient (Wildman–Crippen LogP) is 3.18. The van der Waals surface area contributed by atoms with Gasteiger partial charge in [-0.15, -0.1) is 0 Å². The molecule has 7 heteroatoms. The molecule has 1 atom stereocenters. The van der Waals surface area contributed by atoms with E-state index in [4.69, 9.17) is 9.15 Å². The first-order chi connectivity index (χ1) is 12.1. The summed E-state index contributed by atoms with van der Waals surface area (Å²) in [4.78, 5) is 14.2. The molecular formula is C18H20F2N2O3. The van der Waals surface area contributed by atoms with Gasteiger partial charge in [0.15, 0.2) is 0 Å². The van der Waals surface area contributed by atoms with E-state index in [1.807, 2.05) is 11.0 Å². The number of furan rings is 1. The maximum atomic E-state index is 13.7. The second-order valence-corrected chi connectivity index (χ2v) is 6.06. The highest BCUT2D eigenvalue weighted by molar-refractivity contribution is 5.92. The van der Waals surface area contributed by atoms with Gasteiger partial charge in [0, 0.05) is 19.2 Å². The summed E-state index contributed by atoms with van der Waals surface area (Å²) in [6.45, 7) is 1.75. The standard InChI is InChI=1S/C18H20F2N2O3/c19-13-5-6-16(20)17(9-13)21-18(23)12-22(10-14-3-1-7-24-14)11-15-4-2-8-25-15/h1,3,5-7,9,15H,2,4,8,10-12H2,(H,21,23). The van der Waals surface area contributed by atoms with Crippen molar-refractivity contribution in [2.45, 2.75) is 25.5 Å². The van der Waals surface area contributed by atoms with E-state index in [1.165, 1.54) is 0 Å². The summed E-state index contributed by atoms with van der Waals surface area (Å²) in [7, 11) is 0. The Bertz CT molecular complexity index is 700. The molecule has 0 aliphatic carbocycles. The summed E-state index contributed by atoms with van der Waals surface area (Å²) in [5.41, 5.74) is -0.167. The normalized spacial score (nSPS) is 17.2. The van der Waals surface area contributed by atoms with Crippen LogP contribution in [0.15, 0.2) is 41.0 Å². The number of amides is 1. The number of nitrogens with one attached hydrogen (secondary N) is 1. The van der Waals surface area contributed by atoms with Crippen LogP contribution in [0.4, 0.5) is 14.5 Å². The average molecular weight is 350 g/mol. The number of hydrogen-bond acceptors (Lipinski definition) is 4. The van der Waals surface area contributed by atoms with E-state index in [0.717, 1.165) is 43.4 Å². The lowest BCUT2D eigenvalue weighted by Gasteiger charge is -2.23. The van der Waals surface area contributed by atoms with Crippen molar-refractivity contribution < 1.29 is 22.7 Å². The molecule has 0 spiro atoms. The fourth-order valence-corrected chi connectivity index (χ4v) is 2.87. The minimum Gasteiger partial charge on any atom is -0.468 e. The summed E-state index contributed by atoms with van der Waals surface area (Å²) < 4.78 is 37.9. The zero-order valence-electron chi connectivity index (χ0n) is 13.7. The third kappa shape index (κ3) is 5.11. The Morgan fingerprint density at radius 2 is 2.20 bits per heavy atom. The van der Waals surface area contributed by atoms with E-state index >= 15 is 0 Å². The number of carbonyl (C=O) groups excluding carboxylic acids is 1. The molecule has 1 saturated heterocycles. The van der Waals surface area contributed by atoms with Crippen molar-refractivity contribution in [2.24, 2.45) is 0 Å². The summed E-state index contributed by atoms with van der Waals surface area (Å²) in [6.07, 6.45) is 3.57. The van der Waals surface area contributed by atoms with Crippen molar-refractivity contribution >= 4 is 11.6 Å². The third-order valence-electron chi connectivity index (χ3n) is 4.02. The van der Waals surface area contributed by atoms with Crippen molar-refractivity contribution in [3.63, 3.8) is 0 Å². The number of anilines is 1. The molecule has 2 aromatic rings. The first-order valence-corrected chi connectivity index (χ1v) is 8.21. The van der Waals surface area contributed by atoms with Crippen LogP contribution in [-0.4, -0.2) is 36.6 Å². The molecule has 1 N–H and O–H groups in total. The molecule has 1 aliphatic heterocycles. The molecule has 1 aromatic carbocycles. The predicted molar refractivity (Wildman–Crippen MR) is 87.9 cm³/mol. The molecule has 1 fully saturated rings. The SMILES string of the molecule is O=C(CN(Cc1ccco1)CC1CCCO1)Nc1cc(F)ccc1F. The van der Waals surface area contributed by atoms with Crippen molar-refractivity contribution in [2.75, 3.05) is 25.0 Å². The number of hydrogen-bond donors (Lipinski definition) is 1. The van der Waals surface area contributed by atoms with Gasteiger partial charge >= 0.3 is 0 Å². The molecule has 1 unspecified atom stereocenters. The summed E-state index contributed by atoms with van der Waals surface area (Å²) in [5, 5.41) is 2.42. The molecule has 1 aromatic heterocycles. The monoisotopic (exact) mass is 350 g/mol. The highest BCUT2D eigenvalue weighted by atomic mass is 19.1. The van der Waals surface area contributed by atoms with Gasteiger partial charge in [0.25, 0.3) is 0 Å². The maximum Gasteiger partial charge on any atom is 0.238 e. The van der Waals surface area contributed by atoms with Crippen LogP contribution in [0.1, 0.15) is 18.6 Å². The number of ether oxygens (including phenoxy) is 1. The van der Waals surface area contributed by atoms with Crippen molar-refractivity contribution in [3.8, 4) is 0 Å². The average Bonchev–Trinajstić information content (AvgIpc) is 3.25. The van der Waals surface area contributed by atoms with Gasteiger partial charge in [-0.3, -0.25) is 9.69 Å². The summed E-state index contributed by atoms with van der Waals surface area (Å²) in [5.74, 6) is -0.980. The molecule has 5 nitrogen and oxygen atoms in total. The Morgan fingerprint density at radius 1 is 1.32 bits per heavy atom. The minimum absolute atomic E-state index is 0.0243. The van der Waals surface area contributed by atoms with Crippen LogP contribution in [0.5, 0.6) is 0 Å². The number of carbonyl (C=O) groups is 1. The van der Waals surface area contributed by atoms with Crippen LogP contribution in [-0.2, 0) is 16.1 Å². The molecule has 25 heavy (non-hydrogen) atoms. The Hall–Kier alpha value is -2.25. The van der Waals surface area contributed by atoms with Crippen molar-refractivity contribution in [3.05, 3.63) is 54.0 Å². The smallest absolute Gasteiger partial charge is 0.238 e. The number of rotatable bonds is 7. The third-order valence-corrected chi connectivity index (χ3v) is 4.02. The van der Waals surface area contributed by atoms with E-state index in [0.29, 0.717) is 13.1 Å². The summed E-state index contributed by atoms with van der Waals surface area (Å²) >= 11 is 0. The van der Waals surface area contributed by atoms with E-state index < -0.39 is 17.5 Å². The van der Waals surface area contributed by atoms with Crippen LogP contribution in [0.25, 0.3) is 0 Å². The highest BCUT2D eigenvalue weighted by Crippen LogP contribution is 2.17. The molecule has 1 aliphatic rings. The second kappa shape index (κ2) is 8.22. The first kappa shape index (κ1) is 17.6. The maximum absolute atomic E-state index is 13.7. The van der Waals surface area contributed by atoms with Crippen molar-refractivity contribution in [1.29, 1.82) is 0 Å². The Kier molecular flexibility index (Phi) is 5.78. The lowest BCUT2D eigenvalue weighted by atomic mass is 10.2. The van der Waals surface area contributed by atoms with Gasteiger partial charge in [-0.05, 0) is 37.1 Å². The molecule has 134 valence electrons. The van der Waals surface area contributed by atoms with Gasteiger partial charge in [0.2, 0.25) is 5.91 Å². The Labute approximate surface area is 144 Å². The van der Waals surface area contributed by atoms with Gasteiger partial charge in [0.1, 0.15) is 17.4 Å². The Balaban J connectivity index is 1.63. The zero-order chi connectivity index (χ0) is 17.6. The second-order valence-electron chi connectivity index (χ2n) is 6.06. The van der Waals surface area contributed by atoms with Gasteiger partial charge in [-0.1, -0.05) is 0 Å². The van der Waals surface area contributed by atoms with E-state index in [1.54, 1.807) is 12.3 Å². The molecular weight excluding hydrogens is 330 g/mol. The van der Waals surface area contributed by atoms with E-state index in [2.05, 4.69) is 5.32 Å². The Morgan fingerprint density at radius 3 is 2.92 bits per heavy atom. The van der Waals surface area contributed by atoms with E-state index in [9.17, 15) is 13.6 Å². The van der Waals surface area contributed by atoms with Gasteiger partial charge in [0.05, 0.1) is 31.1 Å². The fourth-order valence-electron chi connectivity index (χ4n) is 2.87. The van der Waals surface area contributed by atoms with E-state index in [-0.39, 0.29) is 18.3 Å². The molecule has 3 rings (SSSR count). The lowest BCUT2D eigenvalue weighted by molar-refractivity contribution is -0.117. The van der Waals surface area contributed by atoms with Gasteiger partial charge in [-0.25, -0.2) is 8.78 Å². The van der Waals surface area contributed by atoms with Gasteiger partial charge < -0.3 is 14.5 Å². The van der Waals surface area contributed by atoms with Crippen LogP contribution in [0.3, 0.4) is 0 Å². The van der Waals surface area contributed by atoms with Gasteiger partial charge in [-0.2, -0.15) is 0 Å². The summed E-state index contributed by atoms with van der Waals surface area (Å²) in [6, 6.07) is 6.56. The van der Waals surface area contributed by atoms with Crippen LogP contribution >= 0.6 is 0 Å². The van der Waals surface area contributed by atoms with Crippen LogP contribution in [0.2, 0.25) is 0 Å². The number of halogens is 2. The molecule has 2 heterocycles. The van der Waals surface area contributed by atoms with Crippen LogP contribution < -0.4 is 5.32 Å². The molecule has 0 radical (unpaired) electrons. The minimum atomic E-state index is -0.675. The highest BCUT2D eigenvalue weighted by Gasteiger charge is 2.22. The largest absolute Gasteiger partial charge is 0.468 e. The molecule has 0 bridgehead atoms. The fraction of sp³-hybridized carbons (Fsp3) is 0.389. The molecule has 0 saturated carbocycles.